The van der Waals surface area contributed by atoms with Gasteiger partial charge in [-0.2, -0.15) is 26.3 Å². The third kappa shape index (κ3) is 6.16. The van der Waals surface area contributed by atoms with E-state index in [1.54, 1.807) is 18.2 Å². The van der Waals surface area contributed by atoms with Crippen LogP contribution in [0.1, 0.15) is 24.0 Å². The Morgan fingerprint density at radius 1 is 0.970 bits per heavy atom. The van der Waals surface area contributed by atoms with Gasteiger partial charge in [0.1, 0.15) is 11.9 Å². The second-order valence-electron chi connectivity index (χ2n) is 7.69. The van der Waals surface area contributed by atoms with Crippen LogP contribution in [-0.4, -0.2) is 41.6 Å². The van der Waals surface area contributed by atoms with Gasteiger partial charge in [0.2, 0.25) is 0 Å². The maximum absolute atomic E-state index is 13.0. The Bertz CT molecular complexity index is 918. The molecule has 2 aromatic carbocycles. The van der Waals surface area contributed by atoms with Gasteiger partial charge in [0.05, 0.1) is 4.47 Å². The predicted molar refractivity (Wildman–Crippen MR) is 110 cm³/mol. The number of hydrogen-bond acceptors (Lipinski definition) is 4. The van der Waals surface area contributed by atoms with Crippen LogP contribution in [0.15, 0.2) is 46.9 Å². The quantitative estimate of drug-likeness (QED) is 0.282. The number of rotatable bonds is 5. The third-order valence-corrected chi connectivity index (χ3v) is 6.00. The molecule has 0 radical (unpaired) electrons. The van der Waals surface area contributed by atoms with Crippen molar-refractivity contribution >= 4 is 21.6 Å². The number of benzene rings is 2. The number of piperidine rings is 1. The molecule has 4 nitrogen and oxygen atoms in total. The van der Waals surface area contributed by atoms with Crippen molar-refractivity contribution in [3.05, 3.63) is 58.1 Å². The van der Waals surface area contributed by atoms with Gasteiger partial charge < -0.3 is 15.6 Å². The molecule has 1 heterocycles. The second kappa shape index (κ2) is 10.4. The first-order chi connectivity index (χ1) is 14.8. The number of nitrogen functional groups attached to an aromatic ring is 1. The van der Waals surface area contributed by atoms with E-state index in [4.69, 9.17) is 10.5 Å². The maximum Gasteiger partial charge on any atom is 0.430 e. The molecule has 1 aliphatic heterocycles. The first-order valence-corrected chi connectivity index (χ1v) is 10.5. The van der Waals surface area contributed by atoms with E-state index in [1.165, 1.54) is 12.1 Å². The third-order valence-electron chi connectivity index (χ3n) is 5.38. The number of nitrogens with two attached hydrogens (primary N) is 1. The average Bonchev–Trinajstić information content (AvgIpc) is 2.70. The molecule has 0 aliphatic carbocycles. The Kier molecular flexibility index (Phi) is 8.78. The van der Waals surface area contributed by atoms with Gasteiger partial charge in [-0.3, -0.25) is 4.90 Å². The first-order valence-electron chi connectivity index (χ1n) is 9.70. The van der Waals surface area contributed by atoms with E-state index >= 15 is 0 Å². The van der Waals surface area contributed by atoms with E-state index in [0.717, 1.165) is 4.47 Å². The summed E-state index contributed by atoms with van der Waals surface area (Å²) >= 11 is 3.40. The van der Waals surface area contributed by atoms with Crippen molar-refractivity contribution in [2.45, 2.75) is 43.4 Å². The second-order valence-corrected chi connectivity index (χ2v) is 8.54. The molecule has 0 aromatic heterocycles. The Hall–Kier alpha value is -1.46. The van der Waals surface area contributed by atoms with E-state index < -0.39 is 23.5 Å². The Morgan fingerprint density at radius 2 is 1.52 bits per heavy atom. The van der Waals surface area contributed by atoms with Crippen molar-refractivity contribution in [2.75, 3.05) is 18.8 Å². The van der Waals surface area contributed by atoms with E-state index in [1.807, 2.05) is 4.90 Å². The molecule has 33 heavy (non-hydrogen) atoms. The topological polar surface area (TPSA) is 58.7 Å². The summed E-state index contributed by atoms with van der Waals surface area (Å²) in [5.74, 6) is 0.676. The van der Waals surface area contributed by atoms with Crippen LogP contribution >= 0.6 is 15.9 Å². The number of ether oxygens (including phenoxy) is 1. The number of anilines is 1. The van der Waals surface area contributed by atoms with Crippen LogP contribution in [-0.2, 0) is 29.2 Å². The van der Waals surface area contributed by atoms with Crippen molar-refractivity contribution in [1.82, 2.24) is 4.90 Å². The van der Waals surface area contributed by atoms with Crippen molar-refractivity contribution < 1.29 is 53.3 Å². The molecule has 1 aliphatic rings. The van der Waals surface area contributed by atoms with Gasteiger partial charge in [-0.05, 0) is 52.5 Å². The van der Waals surface area contributed by atoms with Crippen molar-refractivity contribution in [3.8, 4) is 5.75 Å². The molecule has 12 heteroatoms. The van der Waals surface area contributed by atoms with Crippen LogP contribution < -0.4 is 10.5 Å². The van der Waals surface area contributed by atoms with E-state index in [2.05, 4.69) is 15.9 Å². The molecule has 0 bridgehead atoms. The normalized spacial score (nSPS) is 16.4. The Morgan fingerprint density at radius 3 is 2.00 bits per heavy atom. The molecule has 0 spiro atoms. The first kappa shape index (κ1) is 27.8. The van der Waals surface area contributed by atoms with Gasteiger partial charge in [0.15, 0.2) is 0 Å². The predicted octanol–water partition coefficient (Wildman–Crippen LogP) is 5.38. The van der Waals surface area contributed by atoms with Gasteiger partial charge in [-0.25, -0.2) is 0 Å². The van der Waals surface area contributed by atoms with Gasteiger partial charge >= 0.3 is 12.4 Å². The van der Waals surface area contributed by atoms with Gasteiger partial charge in [-0.15, -0.1) is 0 Å². The molecule has 1 fully saturated rings. The van der Waals surface area contributed by atoms with Gasteiger partial charge in [0.25, 0.3) is 5.60 Å². The van der Waals surface area contributed by atoms with Crippen LogP contribution in [0.2, 0.25) is 0 Å². The molecular weight excluding hydrogens is 562 g/mol. The van der Waals surface area contributed by atoms with Crippen LogP contribution in [0, 0.1) is 0 Å². The van der Waals surface area contributed by atoms with Crippen LogP contribution in [0.5, 0.6) is 5.75 Å². The summed E-state index contributed by atoms with van der Waals surface area (Å²) in [4.78, 5) is 2.03. The molecule has 184 valence electrons. The van der Waals surface area contributed by atoms with E-state index in [-0.39, 0.29) is 23.2 Å². The minimum atomic E-state index is -5.89. The summed E-state index contributed by atoms with van der Waals surface area (Å²) in [5.41, 5.74) is 0.685. The molecule has 0 atom stereocenters. The molecular formula is C21H21BrF6FeN2O2. The van der Waals surface area contributed by atoms with Crippen LogP contribution in [0.4, 0.5) is 32.0 Å². The summed E-state index contributed by atoms with van der Waals surface area (Å²) in [6.07, 6.45) is -10.4. The van der Waals surface area contributed by atoms with Crippen molar-refractivity contribution in [1.29, 1.82) is 0 Å². The van der Waals surface area contributed by atoms with Gasteiger partial charge in [0, 0.05) is 48.0 Å². The molecule has 1 saturated heterocycles. The fraction of sp³-hybridized carbons (Fsp3) is 0.429. The summed E-state index contributed by atoms with van der Waals surface area (Å²) in [7, 11) is 0. The minimum Gasteiger partial charge on any atom is -0.489 e. The SMILES string of the molecule is Nc1ccc(OC2CCN(Cc3ccc(C(O)(C(F)(F)F)C(F)(F)F)cc3)CC2)c(Br)c1.[Fe]. The number of nitrogens with zero attached hydrogens (tertiary/aromatic N) is 1. The van der Waals surface area contributed by atoms with Crippen molar-refractivity contribution in [3.63, 3.8) is 0 Å². The number of alkyl halides is 6. The molecule has 0 amide bonds. The summed E-state index contributed by atoms with van der Waals surface area (Å²) in [6.45, 7) is 1.65. The summed E-state index contributed by atoms with van der Waals surface area (Å²) in [6, 6.07) is 8.94. The number of aliphatic hydroxyl groups is 1. The monoisotopic (exact) mass is 582 g/mol. The van der Waals surface area contributed by atoms with Crippen LogP contribution in [0.25, 0.3) is 0 Å². The minimum absolute atomic E-state index is 0. The number of likely N-dealkylation sites (tertiary alicyclic amines) is 1. The van der Waals surface area contributed by atoms with Crippen molar-refractivity contribution in [2.24, 2.45) is 0 Å². The smallest absolute Gasteiger partial charge is 0.430 e. The Balaban J connectivity index is 0.00000385. The summed E-state index contributed by atoms with van der Waals surface area (Å²) < 4.78 is 84.7. The van der Waals surface area contributed by atoms with E-state index in [9.17, 15) is 31.4 Å². The number of hydrogen-bond donors (Lipinski definition) is 2. The number of halogens is 7. The zero-order valence-corrected chi connectivity index (χ0v) is 19.7. The zero-order valence-electron chi connectivity index (χ0n) is 17.0. The molecule has 3 N–H and O–H groups in total. The average molecular weight is 583 g/mol. The molecule has 2 aromatic rings. The largest absolute Gasteiger partial charge is 0.489 e. The maximum atomic E-state index is 13.0. The fourth-order valence-electron chi connectivity index (χ4n) is 3.58. The molecule has 0 unspecified atom stereocenters. The van der Waals surface area contributed by atoms with E-state index in [0.29, 0.717) is 61.6 Å². The fourth-order valence-corrected chi connectivity index (χ4v) is 4.07. The molecule has 0 saturated carbocycles. The Labute approximate surface area is 205 Å². The van der Waals surface area contributed by atoms with Gasteiger partial charge in [-0.1, -0.05) is 24.3 Å². The van der Waals surface area contributed by atoms with Crippen LogP contribution in [0.3, 0.4) is 0 Å². The standard InChI is InChI=1S/C21H21BrF6N2O2.Fe/c22-17-11-15(29)5-6-18(17)32-16-7-9-30(10-8-16)12-13-1-3-14(4-2-13)19(31,20(23,24)25)21(26,27)28;/h1-6,11,16,31H,7-10,12,29H2;. The summed E-state index contributed by atoms with van der Waals surface area (Å²) in [5, 5.41) is 9.47. The molecule has 3 rings (SSSR count). The zero-order chi connectivity index (χ0) is 23.7.